The first kappa shape index (κ1) is 30.0. The minimum absolute atomic E-state index is 0.775. The van der Waals surface area contributed by atoms with Crippen LogP contribution >= 0.6 is 0 Å². The lowest BCUT2D eigenvalue weighted by molar-refractivity contribution is 0.451. The van der Waals surface area contributed by atoms with Gasteiger partial charge in [0.25, 0.3) is 0 Å². The highest BCUT2D eigenvalue weighted by Gasteiger charge is 2.21. The van der Waals surface area contributed by atoms with E-state index in [9.17, 15) is 0 Å². The molecule has 0 amide bonds. The first-order valence-electron chi connectivity index (χ1n) is 17.3. The molecule has 0 unspecified atom stereocenters. The number of furan rings is 1. The Labute approximate surface area is 291 Å². The molecule has 0 atom stereocenters. The summed E-state index contributed by atoms with van der Waals surface area (Å²) >= 11 is 0. The molecule has 0 radical (unpaired) electrons. The normalized spacial score (nSPS) is 14.6. The molecule has 0 fully saturated rings. The fourth-order valence-corrected chi connectivity index (χ4v) is 7.67. The maximum atomic E-state index is 6.53. The Morgan fingerprint density at radius 2 is 1.28 bits per heavy atom. The van der Waals surface area contributed by atoms with Crippen molar-refractivity contribution in [2.45, 2.75) is 27.2 Å². The molecule has 7 aromatic carbocycles. The maximum Gasteiger partial charge on any atom is 0.138 e. The first-order chi connectivity index (χ1) is 24.6. The molecular formula is C48H36O2. The highest BCUT2D eigenvalue weighted by atomic mass is 16.5. The fourth-order valence-electron chi connectivity index (χ4n) is 7.67. The molecule has 9 rings (SSSR count). The van der Waals surface area contributed by atoms with Crippen molar-refractivity contribution in [1.29, 1.82) is 0 Å². The summed E-state index contributed by atoms with van der Waals surface area (Å²) in [4.78, 5) is 0. The number of ether oxygens (including phenoxy) is 1. The molecule has 1 aliphatic rings. The summed E-state index contributed by atoms with van der Waals surface area (Å²) in [6.07, 6.45) is 11.5. The molecule has 0 saturated heterocycles. The Morgan fingerprint density at radius 1 is 0.600 bits per heavy atom. The van der Waals surface area contributed by atoms with Crippen molar-refractivity contribution >= 4 is 65.4 Å². The van der Waals surface area contributed by atoms with Gasteiger partial charge in [0.2, 0.25) is 0 Å². The predicted octanol–water partition coefficient (Wildman–Crippen LogP) is 13.6. The van der Waals surface area contributed by atoms with Crippen LogP contribution in [-0.2, 0) is 6.42 Å². The van der Waals surface area contributed by atoms with Crippen LogP contribution in [0.3, 0.4) is 0 Å². The average Bonchev–Trinajstić information content (AvgIpc) is 3.75. The number of allylic oxidation sites excluding steroid dienone is 8. The van der Waals surface area contributed by atoms with Gasteiger partial charge in [-0.05, 0) is 105 Å². The Morgan fingerprint density at radius 3 is 2.00 bits per heavy atom. The van der Waals surface area contributed by atoms with Crippen molar-refractivity contribution in [2.75, 3.05) is 0 Å². The number of benzene rings is 7. The summed E-state index contributed by atoms with van der Waals surface area (Å²) in [5.74, 6) is 1.91. The van der Waals surface area contributed by atoms with Crippen molar-refractivity contribution in [2.24, 2.45) is 0 Å². The molecule has 1 aromatic heterocycles. The van der Waals surface area contributed by atoms with E-state index in [0.29, 0.717) is 0 Å². The summed E-state index contributed by atoms with van der Waals surface area (Å²) in [6, 6.07) is 43.6. The van der Waals surface area contributed by atoms with E-state index in [2.05, 4.69) is 160 Å². The Bertz CT molecular complexity index is 2710. The summed E-state index contributed by atoms with van der Waals surface area (Å²) in [5.41, 5.74) is 10.5. The molecule has 50 heavy (non-hydrogen) atoms. The van der Waals surface area contributed by atoms with Crippen molar-refractivity contribution in [1.82, 2.24) is 0 Å². The smallest absolute Gasteiger partial charge is 0.138 e. The largest absolute Gasteiger partial charge is 0.460 e. The molecule has 0 spiro atoms. The van der Waals surface area contributed by atoms with E-state index in [4.69, 9.17) is 9.15 Å². The Balaban J connectivity index is 1.04. The van der Waals surface area contributed by atoms with Crippen LogP contribution in [0.2, 0.25) is 0 Å². The second-order valence-electron chi connectivity index (χ2n) is 13.3. The van der Waals surface area contributed by atoms with Crippen LogP contribution in [0.5, 0.6) is 5.75 Å². The van der Waals surface area contributed by atoms with Gasteiger partial charge in [0.15, 0.2) is 0 Å². The Hall–Kier alpha value is -6.12. The van der Waals surface area contributed by atoms with Crippen molar-refractivity contribution < 1.29 is 9.15 Å². The minimum atomic E-state index is 0.775. The van der Waals surface area contributed by atoms with Crippen LogP contribution in [-0.4, -0.2) is 0 Å². The predicted molar refractivity (Wildman–Crippen MR) is 213 cm³/mol. The molecule has 0 aliphatic carbocycles. The van der Waals surface area contributed by atoms with E-state index in [1.54, 1.807) is 0 Å². The van der Waals surface area contributed by atoms with Gasteiger partial charge in [0.05, 0.1) is 0 Å². The quantitative estimate of drug-likeness (QED) is 0.137. The molecule has 0 N–H and O–H groups in total. The van der Waals surface area contributed by atoms with Crippen LogP contribution in [0.1, 0.15) is 37.5 Å². The summed E-state index contributed by atoms with van der Waals surface area (Å²) in [7, 11) is 0. The van der Waals surface area contributed by atoms with E-state index in [1.807, 2.05) is 12.1 Å². The van der Waals surface area contributed by atoms with Gasteiger partial charge in [0.1, 0.15) is 22.7 Å². The monoisotopic (exact) mass is 644 g/mol. The van der Waals surface area contributed by atoms with Crippen LogP contribution < -0.4 is 4.74 Å². The van der Waals surface area contributed by atoms with Gasteiger partial charge < -0.3 is 9.15 Å². The second kappa shape index (κ2) is 12.1. The fraction of sp³-hybridized carbons (Fsp3) is 0.0833. The minimum Gasteiger partial charge on any atom is -0.460 e. The number of rotatable bonds is 5. The summed E-state index contributed by atoms with van der Waals surface area (Å²) < 4.78 is 12.7. The molecule has 2 nitrogen and oxygen atoms in total. The lowest BCUT2D eigenvalue weighted by Gasteiger charge is -2.18. The van der Waals surface area contributed by atoms with E-state index in [0.717, 1.165) is 50.6 Å². The topological polar surface area (TPSA) is 22.4 Å². The molecule has 240 valence electrons. The zero-order valence-electron chi connectivity index (χ0n) is 28.5. The third kappa shape index (κ3) is 4.95. The lowest BCUT2D eigenvalue weighted by atomic mass is 9.86. The van der Waals surface area contributed by atoms with Gasteiger partial charge in [-0.1, -0.05) is 127 Å². The average molecular weight is 645 g/mol. The Kier molecular flexibility index (Phi) is 7.25. The zero-order chi connectivity index (χ0) is 33.8. The number of fused-ring (bicyclic) bond motifs is 8. The highest BCUT2D eigenvalue weighted by Crippen LogP contribution is 2.43. The molecule has 0 saturated carbocycles. The number of hydrogen-bond acceptors (Lipinski definition) is 2. The second-order valence-corrected chi connectivity index (χ2v) is 13.3. The van der Waals surface area contributed by atoms with E-state index < -0.39 is 0 Å². The van der Waals surface area contributed by atoms with Crippen LogP contribution in [0.15, 0.2) is 162 Å². The maximum absolute atomic E-state index is 6.53. The van der Waals surface area contributed by atoms with E-state index >= 15 is 0 Å². The molecule has 0 bridgehead atoms. The summed E-state index contributed by atoms with van der Waals surface area (Å²) in [6.45, 7) is 6.44. The molecular weight excluding hydrogens is 609 g/mol. The highest BCUT2D eigenvalue weighted by molar-refractivity contribution is 6.18. The van der Waals surface area contributed by atoms with Gasteiger partial charge >= 0.3 is 0 Å². The van der Waals surface area contributed by atoms with Gasteiger partial charge in [0, 0.05) is 28.1 Å². The summed E-state index contributed by atoms with van der Waals surface area (Å²) in [5, 5.41) is 9.59. The third-order valence-electron chi connectivity index (χ3n) is 10.2. The van der Waals surface area contributed by atoms with Crippen molar-refractivity contribution in [3.63, 3.8) is 0 Å². The first-order valence-corrected chi connectivity index (χ1v) is 17.3. The molecule has 1 aliphatic heterocycles. The van der Waals surface area contributed by atoms with Gasteiger partial charge in [-0.25, -0.2) is 0 Å². The van der Waals surface area contributed by atoms with Gasteiger partial charge in [-0.15, -0.1) is 0 Å². The third-order valence-corrected chi connectivity index (χ3v) is 10.2. The number of para-hydroxylation sites is 1. The lowest BCUT2D eigenvalue weighted by Crippen LogP contribution is -1.92. The SMILES string of the molecule is C/C=C\C=C(/C)c1c2ccccc2c(-c2ccc(/C(C)=C/C=C3\Cc4ccc5cc6oc7ccccc7c6cc5c4O3)cc2)c2ccccc12. The van der Waals surface area contributed by atoms with E-state index in [1.165, 1.54) is 60.5 Å². The van der Waals surface area contributed by atoms with Gasteiger partial charge in [-0.2, -0.15) is 0 Å². The van der Waals surface area contributed by atoms with E-state index in [-0.39, 0.29) is 0 Å². The van der Waals surface area contributed by atoms with Crippen LogP contribution in [0.4, 0.5) is 0 Å². The zero-order valence-corrected chi connectivity index (χ0v) is 28.5. The standard InChI is InChI=1S/C48H36O2/c1-4-5-12-31(3)46-38-14-6-8-16-40(38)47(41-17-9-7-15-39(41)46)33-22-20-32(21-23-33)30(2)19-26-36-27-35-25-24-34-28-45-43(29-42(34)48(35)49-36)37-13-10-11-18-44(37)50-45/h4-26,28-29H,27H2,1-3H3/b5-4-,30-19+,31-12+,36-26+. The molecule has 8 aromatic rings. The van der Waals surface area contributed by atoms with Crippen LogP contribution in [0.25, 0.3) is 76.5 Å². The van der Waals surface area contributed by atoms with Crippen molar-refractivity contribution in [3.8, 4) is 16.9 Å². The van der Waals surface area contributed by atoms with Gasteiger partial charge in [-0.3, -0.25) is 0 Å². The molecule has 2 heteroatoms. The van der Waals surface area contributed by atoms with Crippen molar-refractivity contribution in [3.05, 3.63) is 174 Å². The molecule has 2 heterocycles. The number of hydrogen-bond donors (Lipinski definition) is 0. The van der Waals surface area contributed by atoms with Crippen LogP contribution in [0, 0.1) is 0 Å².